The van der Waals surface area contributed by atoms with Gasteiger partial charge in [0.25, 0.3) is 0 Å². The van der Waals surface area contributed by atoms with Gasteiger partial charge in [0.15, 0.2) is 5.58 Å². The highest BCUT2D eigenvalue weighted by molar-refractivity contribution is 8.31. The van der Waals surface area contributed by atoms with Crippen LogP contribution < -0.4 is 0 Å². The van der Waals surface area contributed by atoms with E-state index in [-0.39, 0.29) is 16.2 Å². The standard InChI is InChI=1S/C56H54N2OS/c1-54(2,3)35-21-19-33(20-22-35)34-29-45-40-17-14-16-39-41-25-26-42-38-15-12-13-18-49(38)59-52(42)51(41)58(50(39)40)60(10,11)53(45)48(30-34)57-46-27-23-36(55(4,5)6)31-43(46)44-32-37(56(7,8)9)24-28-47(44)57/h12-32H,1-11H3. The highest BCUT2D eigenvalue weighted by Crippen LogP contribution is 2.65. The van der Waals surface area contributed by atoms with Crippen LogP contribution in [-0.2, 0) is 16.2 Å². The first-order chi connectivity index (χ1) is 28.4. The van der Waals surface area contributed by atoms with Gasteiger partial charge in [-0.05, 0) is 105 Å². The third-order valence-corrected chi connectivity index (χ3v) is 16.1. The first-order valence-electron chi connectivity index (χ1n) is 21.4. The summed E-state index contributed by atoms with van der Waals surface area (Å²) in [4.78, 5) is 1.39. The second kappa shape index (κ2) is 12.2. The number of aromatic nitrogens is 2. The number of furan rings is 1. The molecule has 7 aromatic carbocycles. The molecule has 0 N–H and O–H groups in total. The van der Waals surface area contributed by atoms with Crippen LogP contribution in [0.25, 0.3) is 93.5 Å². The molecule has 1 aliphatic heterocycles. The number of rotatable bonds is 2. The summed E-state index contributed by atoms with van der Waals surface area (Å²) >= 11 is 0. The maximum atomic E-state index is 6.88. The molecular formula is C56H54N2OS. The van der Waals surface area contributed by atoms with E-state index in [1.165, 1.54) is 98.5 Å². The average molecular weight is 803 g/mol. The number of fused-ring (bicyclic) bond motifs is 12. The first-order valence-corrected chi connectivity index (χ1v) is 23.8. The maximum Gasteiger partial charge on any atom is 0.160 e. The third-order valence-electron chi connectivity index (χ3n) is 13.4. The monoisotopic (exact) mass is 802 g/mol. The normalized spacial score (nSPS) is 14.9. The van der Waals surface area contributed by atoms with Gasteiger partial charge < -0.3 is 8.98 Å². The van der Waals surface area contributed by atoms with E-state index in [0.717, 1.165) is 16.6 Å². The summed E-state index contributed by atoms with van der Waals surface area (Å²) < 4.78 is 12.2. The summed E-state index contributed by atoms with van der Waals surface area (Å²) in [5, 5.41) is 7.46. The van der Waals surface area contributed by atoms with Crippen LogP contribution >= 0.6 is 10.2 Å². The third kappa shape index (κ3) is 5.22. The van der Waals surface area contributed by atoms with Gasteiger partial charge in [-0.25, -0.2) is 0 Å². The minimum absolute atomic E-state index is 0.0151. The zero-order chi connectivity index (χ0) is 41.8. The van der Waals surface area contributed by atoms with E-state index in [1.807, 2.05) is 0 Å². The van der Waals surface area contributed by atoms with Crippen molar-refractivity contribution in [2.24, 2.45) is 0 Å². The van der Waals surface area contributed by atoms with Gasteiger partial charge in [0, 0.05) is 48.3 Å². The molecule has 0 unspecified atom stereocenters. The highest BCUT2D eigenvalue weighted by Gasteiger charge is 2.37. The molecular weight excluding hydrogens is 749 g/mol. The zero-order valence-corrected chi connectivity index (χ0v) is 37.7. The number of benzene rings is 7. The molecule has 1 aliphatic rings. The van der Waals surface area contributed by atoms with Gasteiger partial charge in [0.1, 0.15) is 11.1 Å². The Bertz CT molecular complexity index is 3370. The molecule has 0 atom stereocenters. The summed E-state index contributed by atoms with van der Waals surface area (Å²) in [6.45, 7) is 20.8. The molecule has 0 spiro atoms. The lowest BCUT2D eigenvalue weighted by Crippen LogP contribution is -2.17. The molecule has 4 heteroatoms. The predicted molar refractivity (Wildman–Crippen MR) is 261 cm³/mol. The molecule has 0 saturated carbocycles. The van der Waals surface area contributed by atoms with E-state index in [1.54, 1.807) is 0 Å². The van der Waals surface area contributed by atoms with Crippen molar-refractivity contribution in [3.8, 4) is 27.9 Å². The molecule has 300 valence electrons. The molecule has 0 bridgehead atoms. The summed E-state index contributed by atoms with van der Waals surface area (Å²) in [7, 11) is -1.77. The van der Waals surface area contributed by atoms with E-state index in [9.17, 15) is 0 Å². The summed E-state index contributed by atoms with van der Waals surface area (Å²) in [5.74, 6) is 0. The second-order valence-electron chi connectivity index (χ2n) is 20.7. The quantitative estimate of drug-likeness (QED) is 0.171. The lowest BCUT2D eigenvalue weighted by molar-refractivity contribution is 0.590. The number of nitrogens with zero attached hydrogens (tertiary/aromatic N) is 2. The first kappa shape index (κ1) is 37.3. The Morgan fingerprint density at radius 1 is 0.450 bits per heavy atom. The van der Waals surface area contributed by atoms with Crippen LogP contribution in [0.3, 0.4) is 0 Å². The topological polar surface area (TPSA) is 23.0 Å². The Labute approximate surface area is 355 Å². The summed E-state index contributed by atoms with van der Waals surface area (Å²) in [6.07, 6.45) is 5.01. The van der Waals surface area contributed by atoms with Crippen LogP contribution in [0.5, 0.6) is 0 Å². The minimum Gasteiger partial charge on any atom is -0.454 e. The van der Waals surface area contributed by atoms with E-state index in [4.69, 9.17) is 4.42 Å². The van der Waals surface area contributed by atoms with E-state index < -0.39 is 10.2 Å². The lowest BCUT2D eigenvalue weighted by atomic mass is 9.85. The van der Waals surface area contributed by atoms with Gasteiger partial charge in [0.05, 0.1) is 22.2 Å². The van der Waals surface area contributed by atoms with Crippen molar-refractivity contribution in [2.75, 3.05) is 12.5 Å². The Kier molecular flexibility index (Phi) is 7.58. The van der Waals surface area contributed by atoms with Gasteiger partial charge in [-0.15, -0.1) is 10.2 Å². The SMILES string of the molecule is CC(C)(C)c1ccc(-c2cc3c(c(-n4c5ccc(C(C)(C)C)cc5c5cc(C(C)(C)C)ccc54)c2)S(C)(C)n2c4c-3cccc4c3ccc4c5ccccc5oc4c32)cc1. The van der Waals surface area contributed by atoms with Gasteiger partial charge >= 0.3 is 0 Å². The van der Waals surface area contributed by atoms with Crippen LogP contribution in [-0.4, -0.2) is 21.1 Å². The fourth-order valence-electron chi connectivity index (χ4n) is 10.1. The molecule has 11 rings (SSSR count). The summed E-state index contributed by atoms with van der Waals surface area (Å²) in [5.41, 5.74) is 17.3. The molecule has 0 aliphatic carbocycles. The van der Waals surface area contributed by atoms with E-state index in [2.05, 4.69) is 211 Å². The molecule has 10 aromatic rings. The van der Waals surface area contributed by atoms with Crippen LogP contribution in [0.1, 0.15) is 79.0 Å². The van der Waals surface area contributed by atoms with Crippen LogP contribution in [0.4, 0.5) is 0 Å². The van der Waals surface area contributed by atoms with Crippen molar-refractivity contribution in [1.82, 2.24) is 8.54 Å². The lowest BCUT2D eigenvalue weighted by Gasteiger charge is -2.42. The fraction of sp³-hybridized carbons (Fsp3) is 0.250. The van der Waals surface area contributed by atoms with E-state index >= 15 is 0 Å². The van der Waals surface area contributed by atoms with Crippen LogP contribution in [0.15, 0.2) is 137 Å². The molecule has 0 saturated heterocycles. The Morgan fingerprint density at radius 2 is 1.02 bits per heavy atom. The predicted octanol–water partition coefficient (Wildman–Crippen LogP) is 16.2. The van der Waals surface area contributed by atoms with Crippen LogP contribution in [0, 0.1) is 0 Å². The number of para-hydroxylation sites is 2. The van der Waals surface area contributed by atoms with Crippen molar-refractivity contribution in [2.45, 2.75) is 83.5 Å². The Hall–Kier alpha value is -5.71. The minimum atomic E-state index is -1.77. The van der Waals surface area contributed by atoms with Crippen molar-refractivity contribution < 1.29 is 4.42 Å². The number of hydrogen-bond donors (Lipinski definition) is 0. The molecule has 3 nitrogen and oxygen atoms in total. The smallest absolute Gasteiger partial charge is 0.160 e. The van der Waals surface area contributed by atoms with Crippen molar-refractivity contribution in [3.63, 3.8) is 0 Å². The van der Waals surface area contributed by atoms with Gasteiger partial charge in [-0.3, -0.25) is 3.97 Å². The highest BCUT2D eigenvalue weighted by atomic mass is 32.3. The molecule has 0 amide bonds. The molecule has 60 heavy (non-hydrogen) atoms. The molecule has 4 heterocycles. The zero-order valence-electron chi connectivity index (χ0n) is 36.8. The van der Waals surface area contributed by atoms with Gasteiger partial charge in [-0.1, -0.05) is 141 Å². The molecule has 3 aromatic heterocycles. The second-order valence-corrected chi connectivity index (χ2v) is 24.0. The maximum absolute atomic E-state index is 6.88. The molecule has 0 radical (unpaired) electrons. The largest absolute Gasteiger partial charge is 0.454 e. The Balaban J connectivity index is 1.30. The van der Waals surface area contributed by atoms with E-state index in [0.29, 0.717) is 0 Å². The summed E-state index contributed by atoms with van der Waals surface area (Å²) in [6, 6.07) is 48.8. The van der Waals surface area contributed by atoms with Gasteiger partial charge in [0.2, 0.25) is 0 Å². The molecule has 0 fully saturated rings. The van der Waals surface area contributed by atoms with Crippen molar-refractivity contribution in [3.05, 3.63) is 144 Å². The van der Waals surface area contributed by atoms with Gasteiger partial charge in [-0.2, -0.15) is 0 Å². The average Bonchev–Trinajstić information content (AvgIpc) is 3.87. The van der Waals surface area contributed by atoms with Crippen LogP contribution in [0.2, 0.25) is 0 Å². The Morgan fingerprint density at radius 3 is 1.65 bits per heavy atom. The van der Waals surface area contributed by atoms with Crippen molar-refractivity contribution >= 4 is 75.8 Å². The number of hydrogen-bond acceptors (Lipinski definition) is 1. The van der Waals surface area contributed by atoms with Crippen molar-refractivity contribution in [1.29, 1.82) is 0 Å². The fourth-order valence-corrected chi connectivity index (χ4v) is 12.9.